The Bertz CT molecular complexity index is 472. The van der Waals surface area contributed by atoms with Crippen molar-refractivity contribution in [2.24, 2.45) is 0 Å². The third-order valence-electron chi connectivity index (χ3n) is 3.43. The fraction of sp³-hybridized carbons (Fsp3) is 0.467. The van der Waals surface area contributed by atoms with E-state index in [1.54, 1.807) is 0 Å². The van der Waals surface area contributed by atoms with E-state index in [9.17, 15) is 9.59 Å². The van der Waals surface area contributed by atoms with E-state index in [1.807, 2.05) is 30.3 Å². The largest absolute Gasteiger partial charge is 0.377 e. The zero-order chi connectivity index (χ0) is 15.1. The van der Waals surface area contributed by atoms with Crippen molar-refractivity contribution in [3.63, 3.8) is 0 Å². The molecule has 0 radical (unpaired) electrons. The predicted molar refractivity (Wildman–Crippen MR) is 78.8 cm³/mol. The molecule has 0 unspecified atom stereocenters. The lowest BCUT2D eigenvalue weighted by molar-refractivity contribution is -0.122. The molecule has 1 fully saturated rings. The number of carbonyl (C=O) groups is 2. The van der Waals surface area contributed by atoms with Gasteiger partial charge in [0.1, 0.15) is 6.04 Å². The maximum Gasteiger partial charge on any atom is 0.321 e. The van der Waals surface area contributed by atoms with Crippen LogP contribution < -0.4 is 16.0 Å². The summed E-state index contributed by atoms with van der Waals surface area (Å²) in [7, 11) is 1.47. The first kappa shape index (κ1) is 15.5. The summed E-state index contributed by atoms with van der Waals surface area (Å²) in [5.74, 6) is -0.376. The zero-order valence-electron chi connectivity index (χ0n) is 12.1. The van der Waals surface area contributed by atoms with Crippen molar-refractivity contribution < 1.29 is 14.3 Å². The Labute approximate surface area is 124 Å². The van der Waals surface area contributed by atoms with Gasteiger partial charge in [-0.15, -0.1) is 0 Å². The van der Waals surface area contributed by atoms with Gasteiger partial charge in [0, 0.05) is 20.2 Å². The molecule has 1 saturated heterocycles. The number of rotatable bonds is 5. The second kappa shape index (κ2) is 7.75. The van der Waals surface area contributed by atoms with E-state index < -0.39 is 12.1 Å². The minimum atomic E-state index is -0.576. The highest BCUT2D eigenvalue weighted by Gasteiger charge is 2.24. The van der Waals surface area contributed by atoms with Crippen molar-refractivity contribution >= 4 is 11.9 Å². The van der Waals surface area contributed by atoms with Gasteiger partial charge in [-0.1, -0.05) is 30.3 Å². The number of nitrogens with one attached hydrogen (secondary N) is 3. The number of imide groups is 1. The van der Waals surface area contributed by atoms with E-state index in [4.69, 9.17) is 4.74 Å². The molecule has 0 saturated carbocycles. The van der Waals surface area contributed by atoms with Crippen molar-refractivity contribution in [1.29, 1.82) is 0 Å². The Kier molecular flexibility index (Phi) is 5.71. The summed E-state index contributed by atoms with van der Waals surface area (Å²) in [6.07, 6.45) is 2.17. The number of amides is 3. The van der Waals surface area contributed by atoms with Crippen LogP contribution in [0.3, 0.4) is 0 Å². The average Bonchev–Trinajstić information content (AvgIpc) is 3.01. The molecule has 6 nitrogen and oxygen atoms in total. The first-order valence-electron chi connectivity index (χ1n) is 7.13. The number of hydrogen-bond acceptors (Lipinski definition) is 4. The minimum Gasteiger partial charge on any atom is -0.377 e. The molecule has 1 aromatic carbocycles. The zero-order valence-corrected chi connectivity index (χ0v) is 12.1. The van der Waals surface area contributed by atoms with Crippen molar-refractivity contribution in [2.45, 2.75) is 25.0 Å². The van der Waals surface area contributed by atoms with Gasteiger partial charge in [-0.2, -0.15) is 0 Å². The summed E-state index contributed by atoms with van der Waals surface area (Å²) >= 11 is 0. The van der Waals surface area contributed by atoms with Gasteiger partial charge in [0.2, 0.25) is 5.91 Å². The van der Waals surface area contributed by atoms with E-state index >= 15 is 0 Å². The van der Waals surface area contributed by atoms with Gasteiger partial charge >= 0.3 is 6.03 Å². The van der Waals surface area contributed by atoms with Crippen molar-refractivity contribution in [3.05, 3.63) is 35.9 Å². The quantitative estimate of drug-likeness (QED) is 0.755. The Morgan fingerprint density at radius 2 is 2.10 bits per heavy atom. The summed E-state index contributed by atoms with van der Waals surface area (Å²) in [5, 5.41) is 7.88. The summed E-state index contributed by atoms with van der Waals surface area (Å²) in [4.78, 5) is 23.6. The molecule has 1 aliphatic heterocycles. The van der Waals surface area contributed by atoms with Crippen LogP contribution in [0.4, 0.5) is 4.79 Å². The molecule has 3 amide bonds. The van der Waals surface area contributed by atoms with Gasteiger partial charge in [0.05, 0.1) is 6.10 Å². The molecule has 1 aromatic rings. The van der Waals surface area contributed by atoms with Crippen LogP contribution in [0.1, 0.15) is 24.4 Å². The predicted octanol–water partition coefficient (Wildman–Crippen LogP) is 0.952. The molecule has 114 valence electrons. The fourth-order valence-corrected chi connectivity index (χ4v) is 2.31. The molecular weight excluding hydrogens is 270 g/mol. The molecule has 0 bridgehead atoms. The van der Waals surface area contributed by atoms with Crippen molar-refractivity contribution in [2.75, 3.05) is 20.2 Å². The first-order valence-corrected chi connectivity index (χ1v) is 7.13. The topological polar surface area (TPSA) is 79.5 Å². The number of urea groups is 1. The molecule has 6 heteroatoms. The van der Waals surface area contributed by atoms with E-state index in [0.717, 1.165) is 25.0 Å². The number of ether oxygens (including phenoxy) is 1. The normalized spacial score (nSPS) is 19.0. The van der Waals surface area contributed by atoms with Crippen molar-refractivity contribution in [1.82, 2.24) is 16.0 Å². The lowest BCUT2D eigenvalue weighted by Gasteiger charge is -2.20. The summed E-state index contributed by atoms with van der Waals surface area (Å²) in [6.45, 7) is 1.35. The highest BCUT2D eigenvalue weighted by molar-refractivity contribution is 5.97. The summed E-state index contributed by atoms with van der Waals surface area (Å²) < 4.78 is 5.55. The lowest BCUT2D eigenvalue weighted by Crippen LogP contribution is -2.45. The first-order chi connectivity index (χ1) is 10.2. The van der Waals surface area contributed by atoms with Gasteiger partial charge in [-0.05, 0) is 18.4 Å². The molecule has 3 N–H and O–H groups in total. The highest BCUT2D eigenvalue weighted by Crippen LogP contribution is 2.16. The third kappa shape index (κ3) is 4.54. The Morgan fingerprint density at radius 3 is 2.71 bits per heavy atom. The molecule has 1 heterocycles. The Morgan fingerprint density at radius 1 is 1.33 bits per heavy atom. The van der Waals surface area contributed by atoms with Gasteiger partial charge in [0.15, 0.2) is 0 Å². The summed E-state index contributed by atoms with van der Waals surface area (Å²) in [6, 6.07) is 8.24. The molecule has 1 aliphatic rings. The van der Waals surface area contributed by atoms with E-state index in [1.165, 1.54) is 7.05 Å². The molecule has 0 aromatic heterocycles. The van der Waals surface area contributed by atoms with Crippen LogP contribution in [-0.4, -0.2) is 38.2 Å². The van der Waals surface area contributed by atoms with E-state index in [0.29, 0.717) is 6.54 Å². The summed E-state index contributed by atoms with van der Waals surface area (Å²) in [5.41, 5.74) is 0.817. The maximum atomic E-state index is 12.2. The second-order valence-corrected chi connectivity index (χ2v) is 4.96. The van der Waals surface area contributed by atoms with Crippen LogP contribution in [0, 0.1) is 0 Å². The number of benzene rings is 1. The molecule has 21 heavy (non-hydrogen) atoms. The highest BCUT2D eigenvalue weighted by atomic mass is 16.5. The molecule has 2 rings (SSSR count). The van der Waals surface area contributed by atoms with Crippen LogP contribution >= 0.6 is 0 Å². The van der Waals surface area contributed by atoms with Crippen LogP contribution in [0.15, 0.2) is 30.3 Å². The van der Waals surface area contributed by atoms with Crippen LogP contribution in [0.25, 0.3) is 0 Å². The van der Waals surface area contributed by atoms with Gasteiger partial charge < -0.3 is 10.1 Å². The third-order valence-corrected chi connectivity index (χ3v) is 3.43. The maximum absolute atomic E-state index is 12.2. The SMILES string of the molecule is CNC(=O)NC(=O)[C@@H](NC[C@H]1CCCO1)c1ccccc1. The molecule has 0 spiro atoms. The van der Waals surface area contributed by atoms with Crippen LogP contribution in [0.2, 0.25) is 0 Å². The Hall–Kier alpha value is -1.92. The lowest BCUT2D eigenvalue weighted by atomic mass is 10.1. The average molecular weight is 291 g/mol. The fourth-order valence-electron chi connectivity index (χ4n) is 2.31. The Balaban J connectivity index is 2.02. The number of carbonyl (C=O) groups excluding carboxylic acids is 2. The monoisotopic (exact) mass is 291 g/mol. The molecule has 0 aliphatic carbocycles. The van der Waals surface area contributed by atoms with E-state index in [-0.39, 0.29) is 12.0 Å². The standard InChI is InChI=1S/C15H21N3O3/c1-16-15(20)18-14(19)13(11-6-3-2-4-7-11)17-10-12-8-5-9-21-12/h2-4,6-7,12-13,17H,5,8-10H2,1H3,(H2,16,18,19,20)/t12-,13+/m1/s1. The van der Waals surface area contributed by atoms with Crippen LogP contribution in [0.5, 0.6) is 0 Å². The molecule has 2 atom stereocenters. The van der Waals surface area contributed by atoms with Crippen LogP contribution in [-0.2, 0) is 9.53 Å². The second-order valence-electron chi connectivity index (χ2n) is 4.96. The van der Waals surface area contributed by atoms with Gasteiger partial charge in [0.25, 0.3) is 0 Å². The van der Waals surface area contributed by atoms with E-state index in [2.05, 4.69) is 16.0 Å². The minimum absolute atomic E-state index is 0.129. The van der Waals surface area contributed by atoms with Gasteiger partial charge in [-0.25, -0.2) is 4.79 Å². The van der Waals surface area contributed by atoms with Crippen molar-refractivity contribution in [3.8, 4) is 0 Å². The molecular formula is C15H21N3O3. The smallest absolute Gasteiger partial charge is 0.321 e. The number of hydrogen-bond donors (Lipinski definition) is 3. The van der Waals surface area contributed by atoms with Gasteiger partial charge in [-0.3, -0.25) is 15.4 Å².